The first-order chi connectivity index (χ1) is 21.7. The van der Waals surface area contributed by atoms with Crippen molar-refractivity contribution in [3.63, 3.8) is 0 Å². The molecule has 228 valence electrons. The molecule has 0 spiro atoms. The molecule has 4 aromatic heterocycles. The van der Waals surface area contributed by atoms with Gasteiger partial charge in [-0.1, -0.05) is 25.0 Å². The van der Waals surface area contributed by atoms with Crippen molar-refractivity contribution in [1.29, 1.82) is 0 Å². The number of imidazole rings is 1. The van der Waals surface area contributed by atoms with E-state index in [2.05, 4.69) is 30.5 Å². The van der Waals surface area contributed by atoms with E-state index in [-0.39, 0.29) is 24.0 Å². The van der Waals surface area contributed by atoms with Gasteiger partial charge in [0.15, 0.2) is 11.5 Å². The van der Waals surface area contributed by atoms with Crippen molar-refractivity contribution in [2.45, 2.75) is 32.1 Å². The number of rotatable bonds is 8. The van der Waals surface area contributed by atoms with Crippen molar-refractivity contribution in [2.75, 3.05) is 17.3 Å². The fourth-order valence-electron chi connectivity index (χ4n) is 5.99. The van der Waals surface area contributed by atoms with E-state index in [0.29, 0.717) is 45.1 Å². The van der Waals surface area contributed by atoms with Crippen LogP contribution in [0.15, 0.2) is 67.1 Å². The summed E-state index contributed by atoms with van der Waals surface area (Å²) in [7, 11) is -3.20. The fourth-order valence-corrected chi connectivity index (χ4v) is 6.60. The third kappa shape index (κ3) is 6.05. The molecule has 0 radical (unpaired) electrons. The zero-order valence-corrected chi connectivity index (χ0v) is 25.3. The molecule has 3 N–H and O–H groups in total. The van der Waals surface area contributed by atoms with E-state index in [1.807, 2.05) is 24.3 Å². The minimum atomic E-state index is -3.20. The molecule has 0 bridgehead atoms. The second kappa shape index (κ2) is 11.5. The molecular weight excluding hydrogens is 593 g/mol. The lowest BCUT2D eigenvalue weighted by molar-refractivity contribution is -0.119. The first kappa shape index (κ1) is 28.8. The first-order valence-electron chi connectivity index (χ1n) is 14.8. The van der Waals surface area contributed by atoms with Crippen molar-refractivity contribution in [2.24, 2.45) is 5.92 Å². The second-order valence-corrected chi connectivity index (χ2v) is 13.9. The first-order valence-corrected chi connectivity index (χ1v) is 16.8. The van der Waals surface area contributed by atoms with Gasteiger partial charge in [0.2, 0.25) is 5.91 Å². The summed E-state index contributed by atoms with van der Waals surface area (Å²) in [4.78, 5) is 29.5. The molecule has 1 fully saturated rings. The summed E-state index contributed by atoms with van der Waals surface area (Å²) in [5.41, 5.74) is 6.69. The van der Waals surface area contributed by atoms with Crippen molar-refractivity contribution >= 4 is 43.5 Å². The molecule has 1 aliphatic carbocycles. The largest absolute Gasteiger partial charge is 0.335 e. The molecule has 1 amide bonds. The predicted octanol–water partition coefficient (Wildman–Crippen LogP) is 6.09. The molecule has 2 aromatic carbocycles. The number of fused-ring (bicyclic) bond motifs is 2. The maximum absolute atomic E-state index is 14.6. The minimum absolute atomic E-state index is 0.0419. The van der Waals surface area contributed by atoms with Crippen LogP contribution in [-0.4, -0.2) is 56.5 Å². The van der Waals surface area contributed by atoms with Crippen LogP contribution in [0.25, 0.3) is 55.8 Å². The van der Waals surface area contributed by atoms with Crippen LogP contribution in [0.4, 0.5) is 10.1 Å². The number of benzene rings is 2. The quantitative estimate of drug-likeness (QED) is 0.186. The molecule has 10 nitrogen and oxygen atoms in total. The Kier molecular flexibility index (Phi) is 7.36. The summed E-state index contributed by atoms with van der Waals surface area (Å²) in [5.74, 6) is 0.0563. The summed E-state index contributed by atoms with van der Waals surface area (Å²) in [6, 6.07) is 14.1. The van der Waals surface area contributed by atoms with E-state index in [4.69, 9.17) is 4.98 Å². The van der Waals surface area contributed by atoms with Crippen LogP contribution in [-0.2, 0) is 21.1 Å². The third-order valence-electron chi connectivity index (χ3n) is 8.27. The number of sulfone groups is 1. The molecular formula is C33H30FN7O3S. The summed E-state index contributed by atoms with van der Waals surface area (Å²) < 4.78 is 38.0. The van der Waals surface area contributed by atoms with E-state index in [1.54, 1.807) is 30.7 Å². The predicted molar refractivity (Wildman–Crippen MR) is 172 cm³/mol. The maximum Gasteiger partial charge on any atom is 0.227 e. The number of carbonyl (C=O) groups excluding carboxylic acids is 1. The van der Waals surface area contributed by atoms with Crippen LogP contribution in [0.2, 0.25) is 0 Å². The SMILES string of the molecule is CS(=O)(=O)CCc1cc(F)cc(-c2ccnc3nc(-c4n[nH]c5ccc(-c6cncc(NC(=O)C7CCCC7)c6)cc45)[nH]c23)c1. The Morgan fingerprint density at radius 1 is 1.02 bits per heavy atom. The van der Waals surface area contributed by atoms with Crippen LogP contribution in [0, 0.1) is 11.7 Å². The highest BCUT2D eigenvalue weighted by atomic mass is 32.2. The number of H-pyrrole nitrogens is 2. The van der Waals surface area contributed by atoms with Gasteiger partial charge in [-0.25, -0.2) is 22.8 Å². The standard InChI is InChI=1S/C33H30FN7O3S/c1-45(43,44)11-9-19-12-22(14-24(34)13-19)26-8-10-36-31-29(26)38-32(39-31)30-27-16-21(6-7-28(27)40-41-30)23-15-25(18-35-17-23)37-33(42)20-4-2-3-5-20/h6-8,10,12-18,20H,2-5,9,11H2,1H3,(H,37,42)(H,40,41)(H,36,38,39). The Labute approximate surface area is 258 Å². The zero-order chi connectivity index (χ0) is 31.1. The van der Waals surface area contributed by atoms with Gasteiger partial charge in [-0.05, 0) is 72.4 Å². The summed E-state index contributed by atoms with van der Waals surface area (Å²) >= 11 is 0. The Morgan fingerprint density at radius 2 is 1.87 bits per heavy atom. The third-order valence-corrected chi connectivity index (χ3v) is 9.22. The number of halogens is 1. The van der Waals surface area contributed by atoms with Crippen molar-refractivity contribution in [3.05, 3.63) is 78.5 Å². The number of aromatic nitrogens is 6. The Balaban J connectivity index is 1.22. The van der Waals surface area contributed by atoms with E-state index in [0.717, 1.165) is 47.7 Å². The van der Waals surface area contributed by atoms with Crippen LogP contribution < -0.4 is 5.32 Å². The summed E-state index contributed by atoms with van der Waals surface area (Å²) in [6.45, 7) is 0. The molecule has 12 heteroatoms. The molecule has 0 saturated heterocycles. The second-order valence-electron chi connectivity index (χ2n) is 11.6. The number of aromatic amines is 2. The highest BCUT2D eigenvalue weighted by molar-refractivity contribution is 7.90. The number of aryl methyl sites for hydroxylation is 1. The van der Waals surface area contributed by atoms with Crippen molar-refractivity contribution < 1.29 is 17.6 Å². The Hall–Kier alpha value is -4.97. The Bertz CT molecular complexity index is 2190. The van der Waals surface area contributed by atoms with Gasteiger partial charge in [-0.2, -0.15) is 5.10 Å². The van der Waals surface area contributed by atoms with Crippen LogP contribution in [0.3, 0.4) is 0 Å². The van der Waals surface area contributed by atoms with Gasteiger partial charge >= 0.3 is 0 Å². The highest BCUT2D eigenvalue weighted by Crippen LogP contribution is 2.34. The molecule has 6 aromatic rings. The maximum atomic E-state index is 14.6. The average Bonchev–Trinajstić information content (AvgIpc) is 3.79. The lowest BCUT2D eigenvalue weighted by Crippen LogP contribution is -2.20. The average molecular weight is 624 g/mol. The molecule has 45 heavy (non-hydrogen) atoms. The molecule has 0 atom stereocenters. The highest BCUT2D eigenvalue weighted by Gasteiger charge is 2.23. The lowest BCUT2D eigenvalue weighted by Gasteiger charge is -2.11. The number of carbonyl (C=O) groups is 1. The zero-order valence-electron chi connectivity index (χ0n) is 24.5. The van der Waals surface area contributed by atoms with Gasteiger partial charge in [0.05, 0.1) is 28.7 Å². The van der Waals surface area contributed by atoms with E-state index in [9.17, 15) is 17.6 Å². The Morgan fingerprint density at radius 3 is 2.69 bits per heavy atom. The smallest absolute Gasteiger partial charge is 0.227 e. The number of hydrogen-bond acceptors (Lipinski definition) is 7. The minimum Gasteiger partial charge on any atom is -0.335 e. The summed E-state index contributed by atoms with van der Waals surface area (Å²) in [6.07, 6.45) is 10.4. The molecule has 1 saturated carbocycles. The van der Waals surface area contributed by atoms with Gasteiger partial charge in [0.25, 0.3) is 0 Å². The number of nitrogens with one attached hydrogen (secondary N) is 3. The van der Waals surface area contributed by atoms with Gasteiger partial charge in [-0.15, -0.1) is 0 Å². The summed E-state index contributed by atoms with van der Waals surface area (Å²) in [5, 5.41) is 11.4. The van der Waals surface area contributed by atoms with E-state index < -0.39 is 15.7 Å². The fraction of sp³-hybridized carbons (Fsp3) is 0.242. The van der Waals surface area contributed by atoms with Crippen molar-refractivity contribution in [3.8, 4) is 33.8 Å². The monoisotopic (exact) mass is 623 g/mol. The number of anilines is 1. The van der Waals surface area contributed by atoms with Crippen LogP contribution >= 0.6 is 0 Å². The number of amides is 1. The molecule has 0 unspecified atom stereocenters. The van der Waals surface area contributed by atoms with E-state index in [1.165, 1.54) is 18.4 Å². The topological polar surface area (TPSA) is 146 Å². The molecule has 4 heterocycles. The van der Waals surface area contributed by atoms with Gasteiger partial charge in [0, 0.05) is 41.1 Å². The molecule has 1 aliphatic rings. The van der Waals surface area contributed by atoms with Gasteiger partial charge < -0.3 is 10.3 Å². The van der Waals surface area contributed by atoms with E-state index >= 15 is 0 Å². The normalized spacial score (nSPS) is 14.0. The van der Waals surface area contributed by atoms with Gasteiger partial charge in [0.1, 0.15) is 21.3 Å². The number of pyridine rings is 2. The van der Waals surface area contributed by atoms with Crippen molar-refractivity contribution in [1.82, 2.24) is 30.1 Å². The van der Waals surface area contributed by atoms with Gasteiger partial charge in [-0.3, -0.25) is 14.9 Å². The molecule has 0 aliphatic heterocycles. The van der Waals surface area contributed by atoms with Crippen LogP contribution in [0.5, 0.6) is 0 Å². The number of nitrogens with zero attached hydrogens (tertiary/aromatic N) is 4. The molecule has 7 rings (SSSR count). The number of hydrogen-bond donors (Lipinski definition) is 3. The lowest BCUT2D eigenvalue weighted by atomic mass is 10.0. The van der Waals surface area contributed by atoms with Crippen LogP contribution in [0.1, 0.15) is 31.2 Å².